The number of furan rings is 1. The summed E-state index contributed by atoms with van der Waals surface area (Å²) in [6, 6.07) is 1.93. The molecule has 0 saturated carbocycles. The second-order valence-corrected chi connectivity index (χ2v) is 3.28. The quantitative estimate of drug-likeness (QED) is 0.669. The maximum absolute atomic E-state index is 11.5. The summed E-state index contributed by atoms with van der Waals surface area (Å²) >= 11 is 0. The molecule has 0 saturated heterocycles. The van der Waals surface area contributed by atoms with Crippen LogP contribution in [0.4, 0.5) is 0 Å². The van der Waals surface area contributed by atoms with E-state index >= 15 is 0 Å². The molecule has 2 aromatic heterocycles. The number of pyridine rings is 1. The van der Waals surface area contributed by atoms with Gasteiger partial charge in [0.15, 0.2) is 0 Å². The van der Waals surface area contributed by atoms with Gasteiger partial charge in [-0.25, -0.2) is 0 Å². The van der Waals surface area contributed by atoms with Crippen LogP contribution in [0.1, 0.15) is 17.2 Å². The third kappa shape index (κ3) is 1.08. The number of aromatic nitrogens is 1. The molecule has 3 heteroatoms. The highest BCUT2D eigenvalue weighted by Gasteiger charge is 2.10. The first-order chi connectivity index (χ1) is 6.09. The number of aryl methyl sites for hydroxylation is 3. The van der Waals surface area contributed by atoms with Crippen LogP contribution in [0.15, 0.2) is 15.3 Å². The highest BCUT2D eigenvalue weighted by molar-refractivity contribution is 5.85. The van der Waals surface area contributed by atoms with Crippen molar-refractivity contribution in [3.05, 3.63) is 33.6 Å². The van der Waals surface area contributed by atoms with Crippen LogP contribution in [-0.2, 0) is 0 Å². The predicted octanol–water partition coefficient (Wildman–Crippen LogP) is 2.05. The largest absolute Gasteiger partial charge is 0.465 e. The average Bonchev–Trinajstić information content (AvgIpc) is 2.27. The second-order valence-electron chi connectivity index (χ2n) is 3.28. The molecule has 68 valence electrons. The molecule has 0 aromatic carbocycles. The van der Waals surface area contributed by atoms with Gasteiger partial charge < -0.3 is 9.40 Å². The Morgan fingerprint density at radius 3 is 2.62 bits per heavy atom. The molecule has 13 heavy (non-hydrogen) atoms. The Morgan fingerprint density at radius 1 is 1.23 bits per heavy atom. The summed E-state index contributed by atoms with van der Waals surface area (Å²) in [4.78, 5) is 14.3. The van der Waals surface area contributed by atoms with Crippen LogP contribution in [0.3, 0.4) is 0 Å². The van der Waals surface area contributed by atoms with Gasteiger partial charge in [-0.2, -0.15) is 0 Å². The van der Waals surface area contributed by atoms with Gasteiger partial charge in [0.1, 0.15) is 11.5 Å². The smallest absolute Gasteiger partial charge is 0.259 e. The van der Waals surface area contributed by atoms with Crippen molar-refractivity contribution < 1.29 is 4.42 Å². The standard InChI is InChI=1S/C10H11NO2/c1-5-4-8-6(2)13-7(3)9(8)10(12)11-5/h4H,1-3H3,(H,11,12). The lowest BCUT2D eigenvalue weighted by Crippen LogP contribution is -2.06. The van der Waals surface area contributed by atoms with Gasteiger partial charge >= 0.3 is 0 Å². The third-order valence-corrected chi connectivity index (χ3v) is 2.21. The molecule has 0 aliphatic rings. The summed E-state index contributed by atoms with van der Waals surface area (Å²) in [6.45, 7) is 5.54. The molecule has 0 bridgehead atoms. The van der Waals surface area contributed by atoms with Crippen molar-refractivity contribution in [2.24, 2.45) is 0 Å². The monoisotopic (exact) mass is 177 g/mol. The topological polar surface area (TPSA) is 46.0 Å². The van der Waals surface area contributed by atoms with E-state index in [9.17, 15) is 4.79 Å². The molecule has 2 heterocycles. The molecule has 0 spiro atoms. The van der Waals surface area contributed by atoms with Crippen molar-refractivity contribution in [1.29, 1.82) is 0 Å². The lowest BCUT2D eigenvalue weighted by molar-refractivity contribution is 0.510. The van der Waals surface area contributed by atoms with E-state index in [0.29, 0.717) is 11.1 Å². The van der Waals surface area contributed by atoms with Crippen molar-refractivity contribution in [2.75, 3.05) is 0 Å². The van der Waals surface area contributed by atoms with Gasteiger partial charge in [-0.05, 0) is 26.8 Å². The van der Waals surface area contributed by atoms with Gasteiger partial charge in [0, 0.05) is 11.1 Å². The van der Waals surface area contributed by atoms with Gasteiger partial charge in [0.25, 0.3) is 5.56 Å². The fraction of sp³-hybridized carbons (Fsp3) is 0.300. The molecule has 2 aromatic rings. The molecule has 0 fully saturated rings. The molecule has 0 aliphatic heterocycles. The maximum Gasteiger partial charge on any atom is 0.259 e. The molecule has 0 unspecified atom stereocenters. The minimum absolute atomic E-state index is 0.0654. The number of H-pyrrole nitrogens is 1. The Kier molecular flexibility index (Phi) is 1.55. The fourth-order valence-electron chi connectivity index (χ4n) is 1.65. The van der Waals surface area contributed by atoms with Gasteiger partial charge in [-0.3, -0.25) is 4.79 Å². The van der Waals surface area contributed by atoms with Crippen LogP contribution in [0.2, 0.25) is 0 Å². The Hall–Kier alpha value is -1.51. The number of nitrogens with one attached hydrogen (secondary N) is 1. The van der Waals surface area contributed by atoms with Crippen LogP contribution < -0.4 is 5.56 Å². The van der Waals surface area contributed by atoms with E-state index in [2.05, 4.69) is 4.98 Å². The number of fused-ring (bicyclic) bond motifs is 1. The van der Waals surface area contributed by atoms with E-state index in [0.717, 1.165) is 16.8 Å². The fourth-order valence-corrected chi connectivity index (χ4v) is 1.65. The maximum atomic E-state index is 11.5. The van der Waals surface area contributed by atoms with Gasteiger partial charge in [-0.15, -0.1) is 0 Å². The normalized spacial score (nSPS) is 11.0. The highest BCUT2D eigenvalue weighted by Crippen LogP contribution is 2.21. The zero-order valence-electron chi connectivity index (χ0n) is 7.89. The Morgan fingerprint density at radius 2 is 1.92 bits per heavy atom. The Bertz CT molecular complexity index is 519. The minimum Gasteiger partial charge on any atom is -0.465 e. The minimum atomic E-state index is -0.0654. The summed E-state index contributed by atoms with van der Waals surface area (Å²) in [7, 11) is 0. The van der Waals surface area contributed by atoms with Crippen molar-refractivity contribution in [1.82, 2.24) is 4.98 Å². The molecule has 0 aliphatic carbocycles. The SMILES string of the molecule is Cc1cc2c(C)oc(C)c2c(=O)[nH]1. The van der Waals surface area contributed by atoms with Crippen molar-refractivity contribution in [3.63, 3.8) is 0 Å². The number of aromatic amines is 1. The van der Waals surface area contributed by atoms with E-state index < -0.39 is 0 Å². The number of hydrogen-bond donors (Lipinski definition) is 1. The lowest BCUT2D eigenvalue weighted by Gasteiger charge is -1.92. The van der Waals surface area contributed by atoms with Crippen molar-refractivity contribution >= 4 is 10.8 Å². The first-order valence-electron chi connectivity index (χ1n) is 4.19. The van der Waals surface area contributed by atoms with Gasteiger partial charge in [0.2, 0.25) is 0 Å². The summed E-state index contributed by atoms with van der Waals surface area (Å²) in [5, 5.41) is 1.59. The highest BCUT2D eigenvalue weighted by atomic mass is 16.3. The van der Waals surface area contributed by atoms with Gasteiger partial charge in [0.05, 0.1) is 5.39 Å². The third-order valence-electron chi connectivity index (χ3n) is 2.21. The second kappa shape index (κ2) is 2.49. The number of hydrogen-bond acceptors (Lipinski definition) is 2. The molecule has 3 nitrogen and oxygen atoms in total. The summed E-state index contributed by atoms with van der Waals surface area (Å²) in [6.07, 6.45) is 0. The first kappa shape index (κ1) is 8.10. The van der Waals surface area contributed by atoms with Crippen LogP contribution >= 0.6 is 0 Å². The average molecular weight is 177 g/mol. The van der Waals surface area contributed by atoms with E-state index in [1.54, 1.807) is 6.92 Å². The van der Waals surface area contributed by atoms with E-state index in [-0.39, 0.29) is 5.56 Å². The zero-order valence-corrected chi connectivity index (χ0v) is 7.89. The molecule has 2 rings (SSSR count). The van der Waals surface area contributed by atoms with Crippen LogP contribution in [-0.4, -0.2) is 4.98 Å². The lowest BCUT2D eigenvalue weighted by atomic mass is 10.2. The van der Waals surface area contributed by atoms with Crippen molar-refractivity contribution in [2.45, 2.75) is 20.8 Å². The Balaban J connectivity index is 3.06. The molecular formula is C10H11NO2. The molecule has 0 radical (unpaired) electrons. The molecule has 0 amide bonds. The van der Waals surface area contributed by atoms with Crippen molar-refractivity contribution in [3.8, 4) is 0 Å². The number of rotatable bonds is 0. The van der Waals surface area contributed by atoms with Crippen LogP contribution in [0.25, 0.3) is 10.8 Å². The molecular weight excluding hydrogens is 166 g/mol. The van der Waals surface area contributed by atoms with Crippen LogP contribution in [0, 0.1) is 20.8 Å². The first-order valence-corrected chi connectivity index (χ1v) is 4.19. The molecule has 1 N–H and O–H groups in total. The van der Waals surface area contributed by atoms with Gasteiger partial charge in [-0.1, -0.05) is 0 Å². The molecule has 0 atom stereocenters. The van der Waals surface area contributed by atoms with E-state index in [1.807, 2.05) is 19.9 Å². The van der Waals surface area contributed by atoms with Crippen LogP contribution in [0.5, 0.6) is 0 Å². The van der Waals surface area contributed by atoms with E-state index in [1.165, 1.54) is 0 Å². The van der Waals surface area contributed by atoms with E-state index in [4.69, 9.17) is 4.42 Å². The summed E-state index contributed by atoms with van der Waals surface area (Å²) < 4.78 is 5.38. The summed E-state index contributed by atoms with van der Waals surface area (Å²) in [5.74, 6) is 1.50. The summed E-state index contributed by atoms with van der Waals surface area (Å²) in [5.41, 5.74) is 0.797. The zero-order chi connectivity index (χ0) is 9.59. The predicted molar refractivity (Wildman–Crippen MR) is 51.0 cm³/mol. The Labute approximate surface area is 75.4 Å².